The Kier molecular flexibility index (Phi) is 14.1. The first kappa shape index (κ1) is 31.7. The molecule has 2 atom stereocenters. The minimum atomic E-state index is -2.53. The lowest BCUT2D eigenvalue weighted by molar-refractivity contribution is -0.197. The molecule has 0 saturated heterocycles. The van der Waals surface area contributed by atoms with E-state index in [1.165, 1.54) is 13.8 Å². The molecule has 0 rings (SSSR count). The molecule has 14 nitrogen and oxygen atoms in total. The quantitative estimate of drug-likeness (QED) is 0.125. The van der Waals surface area contributed by atoms with Crippen LogP contribution in [0.15, 0.2) is 0 Å². The molecule has 0 aromatic heterocycles. The Bertz CT molecular complexity index is 612. The molecule has 2 unspecified atom stereocenters. The molecule has 0 bridgehead atoms. The van der Waals surface area contributed by atoms with Gasteiger partial charge in [-0.1, -0.05) is 0 Å². The largest absolute Gasteiger partial charge is 0.463 e. The minimum Gasteiger partial charge on any atom is -0.463 e. The highest BCUT2D eigenvalue weighted by molar-refractivity contribution is 6.32. The third-order valence-electron chi connectivity index (χ3n) is 3.53. The van der Waals surface area contributed by atoms with Gasteiger partial charge in [-0.2, -0.15) is 0 Å². The van der Waals surface area contributed by atoms with Crippen molar-refractivity contribution in [1.29, 1.82) is 0 Å². The molecule has 0 aromatic rings. The van der Waals surface area contributed by atoms with Gasteiger partial charge < -0.3 is 42.7 Å². The molecule has 0 aliphatic carbocycles. The Hall–Kier alpha value is -2.94. The van der Waals surface area contributed by atoms with E-state index in [9.17, 15) is 28.8 Å². The van der Waals surface area contributed by atoms with Crippen LogP contribution in [0.5, 0.6) is 0 Å². The maximum Gasteiger partial charge on any atom is 0.419 e. The van der Waals surface area contributed by atoms with E-state index in [-0.39, 0.29) is 25.5 Å². The van der Waals surface area contributed by atoms with Gasteiger partial charge in [0, 0.05) is 0 Å². The van der Waals surface area contributed by atoms with Crippen LogP contribution in [-0.2, 0) is 47.7 Å². The first-order valence-corrected chi connectivity index (χ1v) is 8.21. The summed E-state index contributed by atoms with van der Waals surface area (Å²) in [5, 5.41) is 0. The highest BCUT2D eigenvalue weighted by atomic mass is 16.7. The summed E-state index contributed by atoms with van der Waals surface area (Å²) in [5.41, 5.74) is 5.33. The van der Waals surface area contributed by atoms with Crippen LogP contribution in [0.4, 0.5) is 0 Å². The normalized spacial score (nSPS) is 13.7. The van der Waals surface area contributed by atoms with Crippen molar-refractivity contribution in [3.8, 4) is 0 Å². The van der Waals surface area contributed by atoms with E-state index in [1.54, 1.807) is 0 Å². The maximum atomic E-state index is 12.1. The van der Waals surface area contributed by atoms with Gasteiger partial charge in [0.05, 0.1) is 26.3 Å². The number of ketones is 2. The summed E-state index contributed by atoms with van der Waals surface area (Å²) in [5.74, 6) is -8.32. The van der Waals surface area contributed by atoms with Crippen molar-refractivity contribution >= 4 is 35.4 Å². The number of nitrogens with two attached hydrogens (primary N) is 2. The fourth-order valence-corrected chi connectivity index (χ4v) is 1.81. The molecule has 0 saturated carbocycles. The van der Waals surface area contributed by atoms with Gasteiger partial charge in [-0.15, -0.1) is 0 Å². The van der Waals surface area contributed by atoms with Crippen molar-refractivity contribution < 1.29 is 47.7 Å². The molecule has 0 spiro atoms. The molecule has 0 aromatic carbocycles. The second-order valence-electron chi connectivity index (χ2n) is 5.54. The van der Waals surface area contributed by atoms with Crippen LogP contribution in [0.2, 0.25) is 0 Å². The molecular weight excluding hydrogens is 408 g/mol. The summed E-state index contributed by atoms with van der Waals surface area (Å²) in [6, 6.07) is 0. The van der Waals surface area contributed by atoms with Crippen molar-refractivity contribution in [2.45, 2.75) is 38.9 Å². The number of carbonyl (C=O) groups excluding carboxylic acids is 6. The van der Waals surface area contributed by atoms with Gasteiger partial charge in [0.2, 0.25) is 11.6 Å². The zero-order chi connectivity index (χ0) is 22.1. The van der Waals surface area contributed by atoms with E-state index < -0.39 is 59.7 Å². The summed E-state index contributed by atoms with van der Waals surface area (Å²) in [7, 11) is 0. The molecule has 0 radical (unpaired) electrons. The fraction of sp³-hybridized carbons (Fsp3) is 0.625. The van der Waals surface area contributed by atoms with Crippen molar-refractivity contribution in [2.75, 3.05) is 26.3 Å². The summed E-state index contributed by atoms with van der Waals surface area (Å²) in [6.45, 7) is 2.91. The van der Waals surface area contributed by atoms with Crippen LogP contribution < -0.4 is 23.8 Å². The number of rotatable bonds is 10. The average Bonchev–Trinajstić information content (AvgIpc) is 2.66. The molecule has 0 fully saturated rings. The van der Waals surface area contributed by atoms with Crippen LogP contribution in [0.1, 0.15) is 27.7 Å². The van der Waals surface area contributed by atoms with Gasteiger partial charge in [-0.25, -0.2) is 19.2 Å². The van der Waals surface area contributed by atoms with Gasteiger partial charge in [-0.3, -0.25) is 9.59 Å². The van der Waals surface area contributed by atoms with Crippen LogP contribution in [0.3, 0.4) is 0 Å². The molecule has 14 heteroatoms. The molecule has 0 heterocycles. The van der Waals surface area contributed by atoms with Gasteiger partial charge in [-0.05, 0) is 27.7 Å². The standard InChI is InChI=1S/C16H24N2O10.2H3N/c1-5-25-13(23)15(3,9(19)7-17)27-11(21)12(22)28-16(4,10(20)8-18)14(24)26-6-2;;/h5-8,17-18H2,1-4H3;2*1H3. The van der Waals surface area contributed by atoms with E-state index in [0.29, 0.717) is 0 Å². The Morgan fingerprint density at radius 1 is 0.667 bits per heavy atom. The molecule has 0 aliphatic rings. The van der Waals surface area contributed by atoms with Gasteiger partial charge >= 0.3 is 23.9 Å². The average molecular weight is 438 g/mol. The van der Waals surface area contributed by atoms with Crippen LogP contribution in [0, 0.1) is 0 Å². The van der Waals surface area contributed by atoms with Crippen molar-refractivity contribution in [1.82, 2.24) is 12.3 Å². The molecule has 10 N–H and O–H groups in total. The fourth-order valence-electron chi connectivity index (χ4n) is 1.81. The minimum absolute atomic E-state index is 0. The van der Waals surface area contributed by atoms with Crippen LogP contribution in [-0.4, -0.2) is 72.9 Å². The van der Waals surface area contributed by atoms with E-state index in [4.69, 9.17) is 11.5 Å². The number of carbonyl (C=O) groups is 6. The lowest BCUT2D eigenvalue weighted by Crippen LogP contribution is -2.55. The van der Waals surface area contributed by atoms with Gasteiger partial charge in [0.1, 0.15) is 0 Å². The highest BCUT2D eigenvalue weighted by Gasteiger charge is 2.50. The molecule has 0 aliphatic heterocycles. The third-order valence-corrected chi connectivity index (χ3v) is 3.53. The Morgan fingerprint density at radius 3 is 1.13 bits per heavy atom. The second-order valence-corrected chi connectivity index (χ2v) is 5.54. The highest BCUT2D eigenvalue weighted by Crippen LogP contribution is 2.19. The number of esters is 4. The number of hydrogen-bond donors (Lipinski definition) is 4. The number of ether oxygens (including phenoxy) is 4. The summed E-state index contributed by atoms with van der Waals surface area (Å²) >= 11 is 0. The SMILES string of the molecule is CCOC(=O)C(C)(OC(=O)C(=O)OC(C)(C(=O)CN)C(=O)OCC)C(=O)CN.N.N. The van der Waals surface area contributed by atoms with E-state index >= 15 is 0 Å². The predicted octanol–water partition coefficient (Wildman–Crippen LogP) is -1.90. The molecule has 0 amide bonds. The Morgan fingerprint density at radius 2 is 0.933 bits per heavy atom. The maximum absolute atomic E-state index is 12.1. The lowest BCUT2D eigenvalue weighted by atomic mass is 10.0. The van der Waals surface area contributed by atoms with Crippen molar-refractivity contribution in [3.05, 3.63) is 0 Å². The summed E-state index contributed by atoms with van der Waals surface area (Å²) in [4.78, 5) is 72.0. The number of Topliss-reactive ketones (excluding diaryl/α,β-unsaturated/α-hetero) is 2. The second kappa shape index (κ2) is 13.3. The lowest BCUT2D eigenvalue weighted by Gasteiger charge is -2.27. The Labute approximate surface area is 173 Å². The van der Waals surface area contributed by atoms with E-state index in [2.05, 4.69) is 18.9 Å². The smallest absolute Gasteiger partial charge is 0.419 e. The number of hydrogen-bond acceptors (Lipinski definition) is 14. The van der Waals surface area contributed by atoms with E-state index in [0.717, 1.165) is 13.8 Å². The predicted molar refractivity (Wildman–Crippen MR) is 100 cm³/mol. The van der Waals surface area contributed by atoms with Crippen LogP contribution in [0.25, 0.3) is 0 Å². The first-order valence-electron chi connectivity index (χ1n) is 8.21. The topological polar surface area (TPSA) is 261 Å². The molecular formula is C16H30N4O10. The monoisotopic (exact) mass is 438 g/mol. The molecule has 174 valence electrons. The zero-order valence-corrected chi connectivity index (χ0v) is 17.5. The summed E-state index contributed by atoms with van der Waals surface area (Å²) < 4.78 is 18.6. The van der Waals surface area contributed by atoms with E-state index in [1.807, 2.05) is 0 Å². The van der Waals surface area contributed by atoms with Crippen LogP contribution >= 0.6 is 0 Å². The molecule has 30 heavy (non-hydrogen) atoms. The summed E-state index contributed by atoms with van der Waals surface area (Å²) in [6.07, 6.45) is 0. The van der Waals surface area contributed by atoms with Crippen molar-refractivity contribution in [3.63, 3.8) is 0 Å². The zero-order valence-electron chi connectivity index (χ0n) is 17.5. The van der Waals surface area contributed by atoms with Gasteiger partial charge in [0.25, 0.3) is 11.2 Å². The third kappa shape index (κ3) is 7.14. The first-order chi connectivity index (χ1) is 12.9. The Balaban J connectivity index is -0.00000364. The van der Waals surface area contributed by atoms with Crippen molar-refractivity contribution in [2.24, 2.45) is 11.5 Å². The van der Waals surface area contributed by atoms with Gasteiger partial charge in [0.15, 0.2) is 0 Å².